The quantitative estimate of drug-likeness (QED) is 0.758. The molecule has 1 heterocycles. The molecular weight excluding hydrogens is 286 g/mol. The number of amides is 1. The summed E-state index contributed by atoms with van der Waals surface area (Å²) in [6.45, 7) is 4.42. The van der Waals surface area contributed by atoms with E-state index in [0.29, 0.717) is 22.7 Å². The fraction of sp³-hybridized carbons (Fsp3) is 0.500. The maximum absolute atomic E-state index is 11.6. The molecule has 1 aromatic rings. The summed E-state index contributed by atoms with van der Waals surface area (Å²) in [6.07, 6.45) is 2.25. The van der Waals surface area contributed by atoms with Gasteiger partial charge in [0.25, 0.3) is 0 Å². The molecule has 0 aliphatic rings. The molecule has 0 saturated heterocycles. The summed E-state index contributed by atoms with van der Waals surface area (Å²) in [4.78, 5) is 19.5. The van der Waals surface area contributed by atoms with Crippen LogP contribution in [0, 0.1) is 0 Å². The molecule has 0 saturated carbocycles. The number of hydrogen-bond acceptors (Lipinski definition) is 5. The average molecular weight is 302 g/mol. The molecule has 1 atom stereocenters. The predicted octanol–water partition coefficient (Wildman–Crippen LogP) is 1.15. The molecular formula is C10H16BrN5O. The van der Waals surface area contributed by atoms with Crippen LogP contribution in [0.25, 0.3) is 0 Å². The van der Waals surface area contributed by atoms with Crippen molar-refractivity contribution >= 4 is 33.5 Å². The number of nitrogens with two attached hydrogens (primary N) is 1. The number of aromatic nitrogens is 2. The number of nitrogen functional groups attached to an aromatic ring is 1. The molecule has 0 aliphatic carbocycles. The number of anilines is 2. The van der Waals surface area contributed by atoms with E-state index in [2.05, 4.69) is 36.5 Å². The van der Waals surface area contributed by atoms with E-state index in [1.807, 2.05) is 6.92 Å². The van der Waals surface area contributed by atoms with E-state index < -0.39 is 0 Å². The third-order valence-electron chi connectivity index (χ3n) is 2.11. The Morgan fingerprint density at radius 2 is 2.29 bits per heavy atom. The Bertz CT molecular complexity index is 398. The minimum Gasteiger partial charge on any atom is -0.383 e. The Labute approximate surface area is 109 Å². The number of nitrogens with zero attached hydrogens (tertiary/aromatic N) is 2. The summed E-state index contributed by atoms with van der Waals surface area (Å²) in [5.41, 5.74) is 5.61. The molecule has 0 aliphatic heterocycles. The highest BCUT2D eigenvalue weighted by Gasteiger charge is 2.14. The molecule has 4 N–H and O–H groups in total. The van der Waals surface area contributed by atoms with Gasteiger partial charge < -0.3 is 16.4 Å². The zero-order valence-electron chi connectivity index (χ0n) is 9.83. The molecule has 0 aromatic carbocycles. The first-order valence-electron chi connectivity index (χ1n) is 5.36. The average Bonchev–Trinajstić information content (AvgIpc) is 2.31. The van der Waals surface area contributed by atoms with Crippen LogP contribution < -0.4 is 16.4 Å². The lowest BCUT2D eigenvalue weighted by Crippen LogP contribution is -2.38. The van der Waals surface area contributed by atoms with Crippen molar-refractivity contribution in [2.24, 2.45) is 0 Å². The van der Waals surface area contributed by atoms with Crippen molar-refractivity contribution in [3.63, 3.8) is 0 Å². The third kappa shape index (κ3) is 3.85. The minimum absolute atomic E-state index is 0.0732. The topological polar surface area (TPSA) is 92.9 Å². The summed E-state index contributed by atoms with van der Waals surface area (Å²) in [5, 5.41) is 5.76. The number of hydrogen-bond donors (Lipinski definition) is 3. The van der Waals surface area contributed by atoms with Gasteiger partial charge >= 0.3 is 0 Å². The normalized spacial score (nSPS) is 11.9. The fourth-order valence-corrected chi connectivity index (χ4v) is 1.48. The largest absolute Gasteiger partial charge is 0.383 e. The Morgan fingerprint density at radius 1 is 1.59 bits per heavy atom. The minimum atomic E-state index is -0.382. The molecule has 1 rings (SSSR count). The van der Waals surface area contributed by atoms with Crippen LogP contribution in [0.3, 0.4) is 0 Å². The summed E-state index contributed by atoms with van der Waals surface area (Å²) >= 11 is 3.27. The number of carbonyl (C=O) groups excluding carboxylic acids is 1. The van der Waals surface area contributed by atoms with Crippen LogP contribution in [0.5, 0.6) is 0 Å². The van der Waals surface area contributed by atoms with E-state index in [9.17, 15) is 4.79 Å². The summed E-state index contributed by atoms with van der Waals surface area (Å²) < 4.78 is 0.565. The monoisotopic (exact) mass is 301 g/mol. The van der Waals surface area contributed by atoms with E-state index in [-0.39, 0.29) is 11.9 Å². The molecule has 1 amide bonds. The van der Waals surface area contributed by atoms with E-state index in [4.69, 9.17) is 5.73 Å². The SMILES string of the molecule is CCCNC(=O)C(C)Nc1ncnc(N)c1Br. The van der Waals surface area contributed by atoms with Gasteiger partial charge in [-0.25, -0.2) is 9.97 Å². The molecule has 0 fully saturated rings. The molecule has 7 heteroatoms. The highest BCUT2D eigenvalue weighted by atomic mass is 79.9. The van der Waals surface area contributed by atoms with Crippen LogP contribution in [0.1, 0.15) is 20.3 Å². The number of carbonyl (C=O) groups is 1. The first-order chi connectivity index (χ1) is 8.06. The van der Waals surface area contributed by atoms with Crippen molar-refractivity contribution < 1.29 is 4.79 Å². The molecule has 1 unspecified atom stereocenters. The third-order valence-corrected chi connectivity index (χ3v) is 2.89. The zero-order valence-corrected chi connectivity index (χ0v) is 11.4. The van der Waals surface area contributed by atoms with Crippen LogP contribution >= 0.6 is 15.9 Å². The maximum atomic E-state index is 11.6. The van der Waals surface area contributed by atoms with Crippen LogP contribution in [0.15, 0.2) is 10.8 Å². The second kappa shape index (κ2) is 6.39. The van der Waals surface area contributed by atoms with E-state index in [0.717, 1.165) is 6.42 Å². The first kappa shape index (κ1) is 13.7. The lowest BCUT2D eigenvalue weighted by molar-refractivity contribution is -0.121. The summed E-state index contributed by atoms with van der Waals surface area (Å²) in [7, 11) is 0. The van der Waals surface area contributed by atoms with E-state index >= 15 is 0 Å². The van der Waals surface area contributed by atoms with Gasteiger partial charge in [-0.15, -0.1) is 0 Å². The van der Waals surface area contributed by atoms with Crippen LogP contribution in [0.2, 0.25) is 0 Å². The smallest absolute Gasteiger partial charge is 0.242 e. The van der Waals surface area contributed by atoms with Crippen molar-refractivity contribution in [3.05, 3.63) is 10.8 Å². The fourth-order valence-electron chi connectivity index (χ4n) is 1.16. The van der Waals surface area contributed by atoms with Gasteiger partial charge in [0.1, 0.15) is 28.5 Å². The van der Waals surface area contributed by atoms with Crippen molar-refractivity contribution in [2.45, 2.75) is 26.3 Å². The highest BCUT2D eigenvalue weighted by molar-refractivity contribution is 9.10. The van der Waals surface area contributed by atoms with Gasteiger partial charge in [-0.05, 0) is 29.3 Å². The molecule has 0 radical (unpaired) electrons. The number of rotatable bonds is 5. The Morgan fingerprint density at radius 3 is 2.94 bits per heavy atom. The number of halogens is 1. The Balaban J connectivity index is 2.64. The zero-order chi connectivity index (χ0) is 12.8. The van der Waals surface area contributed by atoms with Crippen LogP contribution in [-0.4, -0.2) is 28.5 Å². The number of nitrogens with one attached hydrogen (secondary N) is 2. The van der Waals surface area contributed by atoms with Crippen molar-refractivity contribution in [2.75, 3.05) is 17.6 Å². The predicted molar refractivity (Wildman–Crippen MR) is 70.5 cm³/mol. The van der Waals surface area contributed by atoms with E-state index in [1.54, 1.807) is 6.92 Å². The first-order valence-corrected chi connectivity index (χ1v) is 6.15. The summed E-state index contributed by atoms with van der Waals surface area (Å²) in [6, 6.07) is -0.382. The molecule has 0 bridgehead atoms. The Hall–Kier alpha value is -1.37. The van der Waals surface area contributed by atoms with Crippen LogP contribution in [0.4, 0.5) is 11.6 Å². The lowest BCUT2D eigenvalue weighted by atomic mass is 10.3. The Kier molecular flexibility index (Phi) is 5.14. The van der Waals surface area contributed by atoms with Crippen LogP contribution in [-0.2, 0) is 4.79 Å². The summed E-state index contributed by atoms with van der Waals surface area (Å²) in [5.74, 6) is 0.774. The maximum Gasteiger partial charge on any atom is 0.242 e. The van der Waals surface area contributed by atoms with Gasteiger partial charge in [0.15, 0.2) is 0 Å². The molecule has 0 spiro atoms. The molecule has 94 valence electrons. The molecule has 1 aromatic heterocycles. The standard InChI is InChI=1S/C10H16BrN5O/c1-3-4-13-10(17)6(2)16-9-7(11)8(12)14-5-15-9/h5-6H,3-4H2,1-2H3,(H,13,17)(H3,12,14,15,16). The van der Waals surface area contributed by atoms with Gasteiger partial charge in [-0.3, -0.25) is 4.79 Å². The van der Waals surface area contributed by atoms with Crippen molar-refractivity contribution in [3.8, 4) is 0 Å². The van der Waals surface area contributed by atoms with Gasteiger partial charge in [0.2, 0.25) is 5.91 Å². The highest BCUT2D eigenvalue weighted by Crippen LogP contribution is 2.24. The van der Waals surface area contributed by atoms with Crippen molar-refractivity contribution in [1.29, 1.82) is 0 Å². The van der Waals surface area contributed by atoms with Gasteiger partial charge in [-0.1, -0.05) is 6.92 Å². The second-order valence-electron chi connectivity index (χ2n) is 3.58. The molecule has 17 heavy (non-hydrogen) atoms. The van der Waals surface area contributed by atoms with E-state index in [1.165, 1.54) is 6.33 Å². The second-order valence-corrected chi connectivity index (χ2v) is 4.37. The van der Waals surface area contributed by atoms with Gasteiger partial charge in [0, 0.05) is 6.54 Å². The lowest BCUT2D eigenvalue weighted by Gasteiger charge is -2.15. The molecule has 6 nitrogen and oxygen atoms in total. The van der Waals surface area contributed by atoms with Gasteiger partial charge in [0.05, 0.1) is 0 Å². The van der Waals surface area contributed by atoms with Gasteiger partial charge in [-0.2, -0.15) is 0 Å². The van der Waals surface area contributed by atoms with Crippen molar-refractivity contribution in [1.82, 2.24) is 15.3 Å².